The van der Waals surface area contributed by atoms with Crippen LogP contribution in [0.2, 0.25) is 0 Å². The number of carbonyl (C=O) groups is 1. The van der Waals surface area contributed by atoms with Gasteiger partial charge in [-0.2, -0.15) is 0 Å². The maximum Gasteiger partial charge on any atom is 0.161 e. The lowest BCUT2D eigenvalue weighted by molar-refractivity contribution is -0.136. The molecular weight excluding hydrogens is 128 g/mol. The van der Waals surface area contributed by atoms with Crippen molar-refractivity contribution in [3.8, 4) is 0 Å². The van der Waals surface area contributed by atoms with Gasteiger partial charge in [0.25, 0.3) is 0 Å². The van der Waals surface area contributed by atoms with Gasteiger partial charge in [0.1, 0.15) is 5.60 Å². The van der Waals surface area contributed by atoms with Crippen LogP contribution in [0.15, 0.2) is 12.7 Å². The maximum atomic E-state index is 10.8. The quantitative estimate of drug-likeness (QED) is 0.600. The first-order valence-electron chi connectivity index (χ1n) is 3.29. The van der Waals surface area contributed by atoms with E-state index in [1.807, 2.05) is 0 Å². The summed E-state index contributed by atoms with van der Waals surface area (Å²) >= 11 is 0. The maximum absolute atomic E-state index is 10.8. The van der Waals surface area contributed by atoms with Gasteiger partial charge in [0.2, 0.25) is 0 Å². The van der Waals surface area contributed by atoms with Crippen molar-refractivity contribution in [2.24, 2.45) is 5.92 Å². The zero-order valence-corrected chi connectivity index (χ0v) is 6.72. The molecule has 0 aromatic rings. The van der Waals surface area contributed by atoms with Gasteiger partial charge >= 0.3 is 0 Å². The van der Waals surface area contributed by atoms with Crippen molar-refractivity contribution in [3.05, 3.63) is 12.7 Å². The minimum atomic E-state index is -1.25. The van der Waals surface area contributed by atoms with E-state index in [-0.39, 0.29) is 11.7 Å². The number of aliphatic hydroxyl groups is 1. The third-order valence-electron chi connectivity index (χ3n) is 1.95. The van der Waals surface area contributed by atoms with E-state index >= 15 is 0 Å². The first-order chi connectivity index (χ1) is 4.42. The zero-order valence-electron chi connectivity index (χ0n) is 6.72. The summed E-state index contributed by atoms with van der Waals surface area (Å²) in [7, 11) is 0. The third-order valence-corrected chi connectivity index (χ3v) is 1.95. The second kappa shape index (κ2) is 2.97. The molecule has 0 aromatic carbocycles. The standard InChI is InChI=1S/C8H14O2/c1-5-6(2)8(4,10)7(3)9/h5-6,10H,1H2,2-4H3. The second-order valence-corrected chi connectivity index (χ2v) is 2.73. The Labute approximate surface area is 61.6 Å². The van der Waals surface area contributed by atoms with Crippen molar-refractivity contribution in [1.29, 1.82) is 0 Å². The van der Waals surface area contributed by atoms with E-state index in [2.05, 4.69) is 6.58 Å². The predicted octanol–water partition coefficient (Wildman–Crippen LogP) is 1.15. The molecule has 2 nitrogen and oxygen atoms in total. The summed E-state index contributed by atoms with van der Waals surface area (Å²) < 4.78 is 0. The predicted molar refractivity (Wildman–Crippen MR) is 40.7 cm³/mol. The Bertz CT molecular complexity index is 147. The molecule has 0 aliphatic heterocycles. The molecule has 0 spiro atoms. The fourth-order valence-corrected chi connectivity index (χ4v) is 0.550. The molecule has 0 rings (SSSR count). The highest BCUT2D eigenvalue weighted by Crippen LogP contribution is 2.17. The smallest absolute Gasteiger partial charge is 0.161 e. The van der Waals surface area contributed by atoms with Crippen molar-refractivity contribution in [2.75, 3.05) is 0 Å². The average Bonchev–Trinajstić information content (AvgIpc) is 1.86. The van der Waals surface area contributed by atoms with Gasteiger partial charge in [0, 0.05) is 5.92 Å². The fraction of sp³-hybridized carbons (Fsp3) is 0.625. The van der Waals surface area contributed by atoms with Crippen LogP contribution >= 0.6 is 0 Å². The lowest BCUT2D eigenvalue weighted by Crippen LogP contribution is -2.39. The zero-order chi connectivity index (χ0) is 8.36. The molecule has 0 saturated carbocycles. The molecule has 58 valence electrons. The molecule has 2 heteroatoms. The fourth-order valence-electron chi connectivity index (χ4n) is 0.550. The van der Waals surface area contributed by atoms with E-state index in [1.165, 1.54) is 13.8 Å². The normalized spacial score (nSPS) is 19.2. The molecule has 0 heterocycles. The van der Waals surface area contributed by atoms with Crippen LogP contribution in [0.25, 0.3) is 0 Å². The Hall–Kier alpha value is -0.630. The summed E-state index contributed by atoms with van der Waals surface area (Å²) in [6.07, 6.45) is 1.57. The highest BCUT2D eigenvalue weighted by atomic mass is 16.3. The van der Waals surface area contributed by atoms with Crippen LogP contribution in [0.4, 0.5) is 0 Å². The molecule has 0 aliphatic carbocycles. The number of carbonyl (C=O) groups excluding carboxylic acids is 1. The Morgan fingerprint density at radius 3 is 2.30 bits per heavy atom. The highest BCUT2D eigenvalue weighted by molar-refractivity contribution is 5.84. The monoisotopic (exact) mass is 142 g/mol. The topological polar surface area (TPSA) is 37.3 Å². The summed E-state index contributed by atoms with van der Waals surface area (Å²) in [4.78, 5) is 10.8. The lowest BCUT2D eigenvalue weighted by Gasteiger charge is -2.24. The molecule has 2 atom stereocenters. The van der Waals surface area contributed by atoms with Crippen molar-refractivity contribution in [2.45, 2.75) is 26.4 Å². The molecule has 0 fully saturated rings. The van der Waals surface area contributed by atoms with Gasteiger partial charge in [-0.3, -0.25) is 4.79 Å². The second-order valence-electron chi connectivity index (χ2n) is 2.73. The number of Topliss-reactive ketones (excluding diaryl/α,β-unsaturated/α-hetero) is 1. The van der Waals surface area contributed by atoms with Crippen LogP contribution in [0.1, 0.15) is 20.8 Å². The Morgan fingerprint density at radius 1 is 1.80 bits per heavy atom. The van der Waals surface area contributed by atoms with E-state index < -0.39 is 5.60 Å². The summed E-state index contributed by atoms with van der Waals surface area (Å²) in [5, 5.41) is 9.44. The molecule has 1 N–H and O–H groups in total. The summed E-state index contributed by atoms with van der Waals surface area (Å²) in [5.41, 5.74) is -1.25. The molecule has 2 unspecified atom stereocenters. The van der Waals surface area contributed by atoms with Crippen molar-refractivity contribution >= 4 is 5.78 Å². The lowest BCUT2D eigenvalue weighted by atomic mass is 9.88. The van der Waals surface area contributed by atoms with E-state index in [1.54, 1.807) is 13.0 Å². The molecule has 10 heavy (non-hydrogen) atoms. The minimum Gasteiger partial charge on any atom is -0.382 e. The molecule has 0 saturated heterocycles. The summed E-state index contributed by atoms with van der Waals surface area (Å²) in [5.74, 6) is -0.412. The Balaban J connectivity index is 4.38. The molecule has 0 radical (unpaired) electrons. The average molecular weight is 142 g/mol. The first-order valence-corrected chi connectivity index (χ1v) is 3.29. The summed E-state index contributed by atoms with van der Waals surface area (Å²) in [6.45, 7) is 8.13. The van der Waals surface area contributed by atoms with Gasteiger partial charge in [0.05, 0.1) is 0 Å². The van der Waals surface area contributed by atoms with Crippen LogP contribution in [0.3, 0.4) is 0 Å². The largest absolute Gasteiger partial charge is 0.382 e. The van der Waals surface area contributed by atoms with Crippen LogP contribution < -0.4 is 0 Å². The van der Waals surface area contributed by atoms with Gasteiger partial charge in [0.15, 0.2) is 5.78 Å². The van der Waals surface area contributed by atoms with Crippen LogP contribution in [-0.4, -0.2) is 16.5 Å². The Morgan fingerprint density at radius 2 is 2.20 bits per heavy atom. The number of hydrogen-bond acceptors (Lipinski definition) is 2. The SMILES string of the molecule is C=CC(C)C(C)(O)C(C)=O. The molecule has 0 bridgehead atoms. The van der Waals surface area contributed by atoms with E-state index in [9.17, 15) is 9.90 Å². The van der Waals surface area contributed by atoms with Gasteiger partial charge < -0.3 is 5.11 Å². The molecule has 0 amide bonds. The van der Waals surface area contributed by atoms with Gasteiger partial charge in [-0.05, 0) is 13.8 Å². The van der Waals surface area contributed by atoms with Crippen LogP contribution in [-0.2, 0) is 4.79 Å². The van der Waals surface area contributed by atoms with E-state index in [0.29, 0.717) is 0 Å². The Kier molecular flexibility index (Phi) is 2.78. The number of rotatable bonds is 3. The van der Waals surface area contributed by atoms with E-state index in [0.717, 1.165) is 0 Å². The summed E-state index contributed by atoms with van der Waals surface area (Å²) in [6, 6.07) is 0. The van der Waals surface area contributed by atoms with Gasteiger partial charge in [-0.15, -0.1) is 6.58 Å². The van der Waals surface area contributed by atoms with Crippen molar-refractivity contribution in [3.63, 3.8) is 0 Å². The van der Waals surface area contributed by atoms with Crippen LogP contribution in [0.5, 0.6) is 0 Å². The number of hydrogen-bond donors (Lipinski definition) is 1. The van der Waals surface area contributed by atoms with Crippen molar-refractivity contribution in [1.82, 2.24) is 0 Å². The third kappa shape index (κ3) is 1.67. The minimum absolute atomic E-state index is 0.190. The van der Waals surface area contributed by atoms with Crippen molar-refractivity contribution < 1.29 is 9.90 Å². The van der Waals surface area contributed by atoms with Gasteiger partial charge in [-0.25, -0.2) is 0 Å². The first kappa shape index (κ1) is 9.37. The van der Waals surface area contributed by atoms with E-state index in [4.69, 9.17) is 0 Å². The number of ketones is 1. The van der Waals surface area contributed by atoms with Gasteiger partial charge in [-0.1, -0.05) is 13.0 Å². The highest BCUT2D eigenvalue weighted by Gasteiger charge is 2.30. The molecule has 0 aromatic heterocycles. The molecular formula is C8H14O2. The molecule has 0 aliphatic rings. The van der Waals surface area contributed by atoms with Crippen LogP contribution in [0, 0.1) is 5.92 Å².